The van der Waals surface area contributed by atoms with Crippen LogP contribution >= 0.6 is 27.5 Å². The van der Waals surface area contributed by atoms with Gasteiger partial charge in [-0.3, -0.25) is 0 Å². The van der Waals surface area contributed by atoms with E-state index in [1.165, 1.54) is 6.07 Å². The molecule has 0 aliphatic heterocycles. The second kappa shape index (κ2) is 5.83. The molecule has 1 nitrogen and oxygen atoms in total. The summed E-state index contributed by atoms with van der Waals surface area (Å²) in [7, 11) is 0. The van der Waals surface area contributed by atoms with Crippen LogP contribution in [0.4, 0.5) is 4.39 Å². The van der Waals surface area contributed by atoms with Gasteiger partial charge in [-0.2, -0.15) is 0 Å². The Morgan fingerprint density at radius 2 is 1.94 bits per heavy atom. The van der Waals surface area contributed by atoms with E-state index < -0.39 is 6.10 Å². The van der Waals surface area contributed by atoms with Gasteiger partial charge in [0.1, 0.15) is 5.82 Å². The molecule has 1 unspecified atom stereocenters. The smallest absolute Gasteiger partial charge is 0.137 e. The van der Waals surface area contributed by atoms with E-state index in [0.717, 1.165) is 5.56 Å². The number of benzene rings is 2. The lowest BCUT2D eigenvalue weighted by molar-refractivity contribution is 0.178. The molecule has 1 atom stereocenters. The van der Waals surface area contributed by atoms with Crippen molar-refractivity contribution in [2.75, 3.05) is 0 Å². The summed E-state index contributed by atoms with van der Waals surface area (Å²) in [6.07, 6.45) is -0.307. The quantitative estimate of drug-likeness (QED) is 0.878. The number of aliphatic hydroxyl groups is 1. The van der Waals surface area contributed by atoms with E-state index >= 15 is 0 Å². The summed E-state index contributed by atoms with van der Waals surface area (Å²) in [4.78, 5) is 0. The predicted octanol–water partition coefficient (Wildman–Crippen LogP) is 4.52. The van der Waals surface area contributed by atoms with E-state index in [4.69, 9.17) is 11.6 Å². The average Bonchev–Trinajstić information content (AvgIpc) is 2.34. The van der Waals surface area contributed by atoms with Crippen LogP contribution < -0.4 is 0 Å². The van der Waals surface area contributed by atoms with Crippen molar-refractivity contribution in [1.82, 2.24) is 0 Å². The molecule has 0 radical (unpaired) electrons. The van der Waals surface area contributed by atoms with Crippen molar-refractivity contribution < 1.29 is 9.50 Å². The molecule has 4 heteroatoms. The van der Waals surface area contributed by atoms with Crippen molar-refractivity contribution in [2.24, 2.45) is 0 Å². The Labute approximate surface area is 118 Å². The van der Waals surface area contributed by atoms with Gasteiger partial charge in [-0.15, -0.1) is 0 Å². The Morgan fingerprint density at radius 1 is 1.22 bits per heavy atom. The minimum atomic E-state index is -0.698. The molecule has 0 saturated heterocycles. The van der Waals surface area contributed by atoms with E-state index in [2.05, 4.69) is 15.9 Å². The van der Waals surface area contributed by atoms with Crippen molar-refractivity contribution >= 4 is 27.5 Å². The number of hydrogen-bond acceptors (Lipinski definition) is 1. The summed E-state index contributed by atoms with van der Waals surface area (Å²) in [5.41, 5.74) is 1.52. The normalized spacial score (nSPS) is 12.4. The fourth-order valence-corrected chi connectivity index (χ4v) is 2.43. The van der Waals surface area contributed by atoms with Gasteiger partial charge in [0.15, 0.2) is 0 Å². The molecular formula is C14H11BrClFO. The molecule has 2 rings (SSSR count). The van der Waals surface area contributed by atoms with Crippen LogP contribution in [-0.4, -0.2) is 5.11 Å². The van der Waals surface area contributed by atoms with Crippen molar-refractivity contribution in [3.63, 3.8) is 0 Å². The van der Waals surface area contributed by atoms with Gasteiger partial charge in [-0.05, 0) is 45.3 Å². The van der Waals surface area contributed by atoms with E-state index in [0.29, 0.717) is 21.5 Å². The Hall–Kier alpha value is -0.900. The molecule has 94 valence electrons. The number of aliphatic hydroxyl groups excluding tert-OH is 1. The van der Waals surface area contributed by atoms with E-state index in [1.54, 1.807) is 24.3 Å². The van der Waals surface area contributed by atoms with Gasteiger partial charge >= 0.3 is 0 Å². The zero-order chi connectivity index (χ0) is 13.1. The molecule has 0 bridgehead atoms. The second-order valence-electron chi connectivity index (χ2n) is 3.99. The maximum atomic E-state index is 13.1. The van der Waals surface area contributed by atoms with Crippen LogP contribution in [-0.2, 0) is 6.42 Å². The molecule has 0 heterocycles. The Morgan fingerprint density at radius 3 is 2.61 bits per heavy atom. The third-order valence-electron chi connectivity index (χ3n) is 2.68. The lowest BCUT2D eigenvalue weighted by Crippen LogP contribution is -2.02. The zero-order valence-electron chi connectivity index (χ0n) is 9.41. The fourth-order valence-electron chi connectivity index (χ4n) is 1.75. The highest BCUT2D eigenvalue weighted by atomic mass is 79.9. The van der Waals surface area contributed by atoms with Gasteiger partial charge in [-0.1, -0.05) is 35.9 Å². The largest absolute Gasteiger partial charge is 0.388 e. The third kappa shape index (κ3) is 3.10. The highest BCUT2D eigenvalue weighted by Gasteiger charge is 2.12. The van der Waals surface area contributed by atoms with Gasteiger partial charge in [0.25, 0.3) is 0 Å². The first-order chi connectivity index (χ1) is 8.58. The molecule has 0 spiro atoms. The van der Waals surface area contributed by atoms with Gasteiger partial charge in [-0.25, -0.2) is 4.39 Å². The number of hydrogen-bond donors (Lipinski definition) is 1. The maximum Gasteiger partial charge on any atom is 0.137 e. The standard InChI is InChI=1S/C14H11BrClFO/c15-11-7-9(5-6-13(11)17)8-14(18)10-3-1-2-4-12(10)16/h1-7,14,18H,8H2. The topological polar surface area (TPSA) is 20.2 Å². The first-order valence-corrected chi connectivity index (χ1v) is 6.61. The van der Waals surface area contributed by atoms with Crippen LogP contribution in [0.5, 0.6) is 0 Å². The van der Waals surface area contributed by atoms with Crippen molar-refractivity contribution in [3.8, 4) is 0 Å². The third-order valence-corrected chi connectivity index (χ3v) is 3.63. The molecule has 0 saturated carbocycles. The maximum absolute atomic E-state index is 13.1. The molecule has 2 aromatic rings. The zero-order valence-corrected chi connectivity index (χ0v) is 11.7. The van der Waals surface area contributed by atoms with Crippen molar-refractivity contribution in [1.29, 1.82) is 0 Å². The van der Waals surface area contributed by atoms with Crippen molar-refractivity contribution in [3.05, 3.63) is 68.9 Å². The van der Waals surface area contributed by atoms with Crippen LogP contribution in [0.3, 0.4) is 0 Å². The van der Waals surface area contributed by atoms with Crippen LogP contribution in [0, 0.1) is 5.82 Å². The van der Waals surface area contributed by atoms with E-state index in [9.17, 15) is 9.50 Å². The summed E-state index contributed by atoms with van der Waals surface area (Å²) in [6.45, 7) is 0. The highest BCUT2D eigenvalue weighted by Crippen LogP contribution is 2.26. The first kappa shape index (κ1) is 13.5. The van der Waals surface area contributed by atoms with Gasteiger partial charge in [0.05, 0.1) is 10.6 Å². The number of rotatable bonds is 3. The van der Waals surface area contributed by atoms with Crippen LogP contribution in [0.2, 0.25) is 5.02 Å². The molecular weight excluding hydrogens is 319 g/mol. The van der Waals surface area contributed by atoms with Crippen molar-refractivity contribution in [2.45, 2.75) is 12.5 Å². The number of halogens is 3. The second-order valence-corrected chi connectivity index (χ2v) is 5.25. The lowest BCUT2D eigenvalue weighted by atomic mass is 10.0. The Kier molecular flexibility index (Phi) is 4.38. The van der Waals surface area contributed by atoms with Crippen LogP contribution in [0.25, 0.3) is 0 Å². The molecule has 2 aromatic carbocycles. The summed E-state index contributed by atoms with van der Waals surface area (Å²) in [5, 5.41) is 10.7. The average molecular weight is 330 g/mol. The van der Waals surface area contributed by atoms with Gasteiger partial charge < -0.3 is 5.11 Å². The van der Waals surface area contributed by atoms with Crippen LogP contribution in [0.15, 0.2) is 46.9 Å². The molecule has 0 aromatic heterocycles. The molecule has 0 fully saturated rings. The summed E-state index contributed by atoms with van der Waals surface area (Å²) in [6, 6.07) is 11.8. The monoisotopic (exact) mass is 328 g/mol. The molecule has 0 aliphatic carbocycles. The molecule has 0 aliphatic rings. The minimum absolute atomic E-state index is 0.314. The Bertz CT molecular complexity index is 559. The lowest BCUT2D eigenvalue weighted by Gasteiger charge is -2.13. The summed E-state index contributed by atoms with van der Waals surface area (Å²) < 4.78 is 13.5. The van der Waals surface area contributed by atoms with E-state index in [-0.39, 0.29) is 5.82 Å². The predicted molar refractivity (Wildman–Crippen MR) is 74.2 cm³/mol. The van der Waals surface area contributed by atoms with Crippen LogP contribution in [0.1, 0.15) is 17.2 Å². The molecule has 1 N–H and O–H groups in total. The first-order valence-electron chi connectivity index (χ1n) is 5.44. The van der Waals surface area contributed by atoms with Gasteiger partial charge in [0, 0.05) is 11.4 Å². The fraction of sp³-hybridized carbons (Fsp3) is 0.143. The summed E-state index contributed by atoms with van der Waals surface area (Å²) in [5.74, 6) is -0.314. The Balaban J connectivity index is 2.19. The van der Waals surface area contributed by atoms with E-state index in [1.807, 2.05) is 12.1 Å². The minimum Gasteiger partial charge on any atom is -0.388 e. The van der Waals surface area contributed by atoms with Gasteiger partial charge in [0.2, 0.25) is 0 Å². The molecule has 18 heavy (non-hydrogen) atoms. The molecule has 0 amide bonds. The SMILES string of the molecule is OC(Cc1ccc(F)c(Br)c1)c1ccccc1Cl. The summed E-state index contributed by atoms with van der Waals surface area (Å²) >= 11 is 9.14. The highest BCUT2D eigenvalue weighted by molar-refractivity contribution is 9.10.